The van der Waals surface area contributed by atoms with Crippen molar-refractivity contribution in [3.63, 3.8) is 0 Å². The van der Waals surface area contributed by atoms with Gasteiger partial charge in [-0.3, -0.25) is 4.79 Å². The van der Waals surface area contributed by atoms with Crippen molar-refractivity contribution in [3.8, 4) is 0 Å². The minimum absolute atomic E-state index is 0.659. The van der Waals surface area contributed by atoms with Crippen LogP contribution in [0.5, 0.6) is 0 Å². The summed E-state index contributed by atoms with van der Waals surface area (Å²) in [6.07, 6.45) is 2.61. The Balaban J connectivity index is 2.35. The molecule has 0 saturated carbocycles. The summed E-state index contributed by atoms with van der Waals surface area (Å²) < 4.78 is 0. The van der Waals surface area contributed by atoms with Gasteiger partial charge in [-0.05, 0) is 58.0 Å². The van der Waals surface area contributed by atoms with Crippen molar-refractivity contribution < 1.29 is 9.90 Å². The van der Waals surface area contributed by atoms with Gasteiger partial charge in [0, 0.05) is 4.90 Å². The van der Waals surface area contributed by atoms with Gasteiger partial charge in [0.25, 0.3) is 0 Å². The fraction of sp³-hybridized carbons (Fsp3) is 0.562. The molecule has 2 N–H and O–H groups in total. The summed E-state index contributed by atoms with van der Waals surface area (Å²) >= 11 is 1.86. The molecule has 0 saturated heterocycles. The van der Waals surface area contributed by atoms with Crippen molar-refractivity contribution in [2.75, 3.05) is 12.8 Å². The van der Waals surface area contributed by atoms with E-state index in [2.05, 4.69) is 37.4 Å². The molecule has 4 heteroatoms. The first-order valence-electron chi connectivity index (χ1n) is 7.01. The summed E-state index contributed by atoms with van der Waals surface area (Å²) in [5.41, 5.74) is 1.79. The monoisotopic (exact) mass is 295 g/mol. The number of rotatable bonds is 8. The van der Waals surface area contributed by atoms with Gasteiger partial charge in [-0.1, -0.05) is 24.1 Å². The van der Waals surface area contributed by atoms with Gasteiger partial charge in [-0.15, -0.1) is 11.8 Å². The van der Waals surface area contributed by atoms with E-state index in [0.717, 1.165) is 18.6 Å². The summed E-state index contributed by atoms with van der Waals surface area (Å²) in [7, 11) is 1.71. The largest absolute Gasteiger partial charge is 0.480 e. The fourth-order valence-electron chi connectivity index (χ4n) is 1.96. The SMILES string of the molecule is CNC(C)(CCCCSc1cc(C)ccc1C)C(=O)O. The average Bonchev–Trinajstić information content (AvgIpc) is 2.41. The van der Waals surface area contributed by atoms with E-state index in [1.54, 1.807) is 14.0 Å². The molecule has 1 rings (SSSR count). The van der Waals surface area contributed by atoms with Gasteiger partial charge in [0.05, 0.1) is 0 Å². The zero-order chi connectivity index (χ0) is 15.2. The summed E-state index contributed by atoms with van der Waals surface area (Å²) in [6, 6.07) is 6.50. The lowest BCUT2D eigenvalue weighted by Gasteiger charge is -2.23. The maximum atomic E-state index is 11.2. The first kappa shape index (κ1) is 17.1. The number of aryl methyl sites for hydroxylation is 2. The molecule has 0 aromatic heterocycles. The van der Waals surface area contributed by atoms with Crippen molar-refractivity contribution >= 4 is 17.7 Å². The van der Waals surface area contributed by atoms with Crippen LogP contribution in [0, 0.1) is 13.8 Å². The van der Waals surface area contributed by atoms with Crippen molar-refractivity contribution in [1.29, 1.82) is 0 Å². The van der Waals surface area contributed by atoms with Crippen molar-refractivity contribution in [1.82, 2.24) is 5.32 Å². The lowest BCUT2D eigenvalue weighted by atomic mass is 9.95. The van der Waals surface area contributed by atoms with Crippen LogP contribution in [0.3, 0.4) is 0 Å². The van der Waals surface area contributed by atoms with Crippen molar-refractivity contribution in [2.45, 2.75) is 50.5 Å². The van der Waals surface area contributed by atoms with E-state index in [4.69, 9.17) is 5.11 Å². The van der Waals surface area contributed by atoms with Crippen LogP contribution in [0.1, 0.15) is 37.3 Å². The summed E-state index contributed by atoms with van der Waals surface area (Å²) in [5, 5.41) is 12.1. The molecule has 112 valence electrons. The second-order valence-electron chi connectivity index (χ2n) is 5.46. The van der Waals surface area contributed by atoms with E-state index in [9.17, 15) is 4.79 Å². The highest BCUT2D eigenvalue weighted by atomic mass is 32.2. The molecule has 0 bridgehead atoms. The number of carbonyl (C=O) groups is 1. The maximum absolute atomic E-state index is 11.2. The van der Waals surface area contributed by atoms with E-state index < -0.39 is 11.5 Å². The Morgan fingerprint density at radius 2 is 2.05 bits per heavy atom. The van der Waals surface area contributed by atoms with Crippen LogP contribution in [0.4, 0.5) is 0 Å². The highest BCUT2D eigenvalue weighted by Gasteiger charge is 2.29. The molecule has 1 aromatic carbocycles. The molecule has 0 amide bonds. The van der Waals surface area contributed by atoms with Gasteiger partial charge >= 0.3 is 5.97 Å². The van der Waals surface area contributed by atoms with E-state index in [1.807, 2.05) is 11.8 Å². The molecular formula is C16H25NO2S. The Bertz CT molecular complexity index is 462. The van der Waals surface area contributed by atoms with Crippen LogP contribution in [0.2, 0.25) is 0 Å². The van der Waals surface area contributed by atoms with Crippen LogP contribution in [-0.2, 0) is 4.79 Å². The van der Waals surface area contributed by atoms with Crippen molar-refractivity contribution in [2.24, 2.45) is 0 Å². The molecular weight excluding hydrogens is 270 g/mol. The predicted octanol–water partition coefficient (Wildman–Crippen LogP) is 3.63. The minimum Gasteiger partial charge on any atom is -0.480 e. The Morgan fingerprint density at radius 3 is 2.65 bits per heavy atom. The molecule has 0 fully saturated rings. The Hall–Kier alpha value is -1.00. The minimum atomic E-state index is -0.802. The quantitative estimate of drug-likeness (QED) is 0.568. The Kier molecular flexibility index (Phi) is 6.56. The van der Waals surface area contributed by atoms with Gasteiger partial charge < -0.3 is 10.4 Å². The number of benzene rings is 1. The number of thioether (sulfide) groups is 1. The average molecular weight is 295 g/mol. The number of hydrogen-bond acceptors (Lipinski definition) is 3. The van der Waals surface area contributed by atoms with E-state index in [0.29, 0.717) is 6.42 Å². The van der Waals surface area contributed by atoms with Crippen LogP contribution >= 0.6 is 11.8 Å². The van der Waals surface area contributed by atoms with E-state index in [1.165, 1.54) is 16.0 Å². The third-order valence-corrected chi connectivity index (χ3v) is 4.94. The lowest BCUT2D eigenvalue weighted by molar-refractivity contribution is -0.144. The number of hydrogen-bond donors (Lipinski definition) is 2. The standard InChI is InChI=1S/C16H25NO2S/c1-12-7-8-13(2)14(11-12)20-10-6-5-9-16(3,17-4)15(18)19/h7-8,11,17H,5-6,9-10H2,1-4H3,(H,18,19). The lowest BCUT2D eigenvalue weighted by Crippen LogP contribution is -2.47. The highest BCUT2D eigenvalue weighted by molar-refractivity contribution is 7.99. The number of nitrogens with one attached hydrogen (secondary N) is 1. The molecule has 0 aliphatic heterocycles. The second kappa shape index (κ2) is 7.70. The number of likely N-dealkylation sites (N-methyl/N-ethyl adjacent to an activating group) is 1. The summed E-state index contributed by atoms with van der Waals surface area (Å²) in [4.78, 5) is 12.5. The zero-order valence-electron chi connectivity index (χ0n) is 12.8. The van der Waals surface area contributed by atoms with Gasteiger partial charge in [-0.25, -0.2) is 0 Å². The van der Waals surface area contributed by atoms with Crippen LogP contribution < -0.4 is 5.32 Å². The summed E-state index contributed by atoms with van der Waals surface area (Å²) in [5.74, 6) is 0.256. The topological polar surface area (TPSA) is 49.3 Å². The molecule has 3 nitrogen and oxygen atoms in total. The Labute approximate surface area is 126 Å². The van der Waals surface area contributed by atoms with Crippen molar-refractivity contribution in [3.05, 3.63) is 29.3 Å². The number of unbranched alkanes of at least 4 members (excludes halogenated alkanes) is 1. The number of carboxylic acid groups (broad SMARTS) is 1. The van der Waals surface area contributed by atoms with Crippen LogP contribution in [-0.4, -0.2) is 29.4 Å². The number of aliphatic carboxylic acids is 1. The third-order valence-electron chi connectivity index (χ3n) is 3.70. The molecule has 1 aromatic rings. The molecule has 0 radical (unpaired) electrons. The van der Waals surface area contributed by atoms with Crippen LogP contribution in [0.25, 0.3) is 0 Å². The van der Waals surface area contributed by atoms with Gasteiger partial charge in [0.2, 0.25) is 0 Å². The molecule has 0 aliphatic carbocycles. The third kappa shape index (κ3) is 4.84. The van der Waals surface area contributed by atoms with Gasteiger partial charge in [-0.2, -0.15) is 0 Å². The zero-order valence-corrected chi connectivity index (χ0v) is 13.6. The second-order valence-corrected chi connectivity index (χ2v) is 6.60. The van der Waals surface area contributed by atoms with E-state index in [-0.39, 0.29) is 0 Å². The van der Waals surface area contributed by atoms with Gasteiger partial charge in [0.15, 0.2) is 0 Å². The van der Waals surface area contributed by atoms with Gasteiger partial charge in [0.1, 0.15) is 5.54 Å². The smallest absolute Gasteiger partial charge is 0.323 e. The molecule has 0 aliphatic rings. The van der Waals surface area contributed by atoms with Crippen LogP contribution in [0.15, 0.2) is 23.1 Å². The molecule has 0 spiro atoms. The normalized spacial score (nSPS) is 14.0. The Morgan fingerprint density at radius 1 is 1.35 bits per heavy atom. The molecule has 1 atom stereocenters. The first-order chi connectivity index (χ1) is 9.39. The molecule has 20 heavy (non-hydrogen) atoms. The highest BCUT2D eigenvalue weighted by Crippen LogP contribution is 2.25. The maximum Gasteiger partial charge on any atom is 0.323 e. The molecule has 0 heterocycles. The predicted molar refractivity (Wildman–Crippen MR) is 85.6 cm³/mol. The first-order valence-corrected chi connectivity index (χ1v) is 8.00. The summed E-state index contributed by atoms with van der Waals surface area (Å²) in [6.45, 7) is 5.98. The van der Waals surface area contributed by atoms with E-state index >= 15 is 0 Å². The number of carboxylic acids is 1. The fourth-order valence-corrected chi connectivity index (χ4v) is 3.10. The molecule has 1 unspecified atom stereocenters.